The van der Waals surface area contributed by atoms with Crippen molar-refractivity contribution in [1.29, 1.82) is 0 Å². The number of hydrogen-bond donors (Lipinski definition) is 1. The first-order chi connectivity index (χ1) is 7.59. The van der Waals surface area contributed by atoms with Gasteiger partial charge in [0, 0.05) is 19.2 Å². The van der Waals surface area contributed by atoms with Crippen molar-refractivity contribution in [1.82, 2.24) is 9.55 Å². The molecule has 0 bridgehead atoms. The topological polar surface area (TPSA) is 43.8 Å². The van der Waals surface area contributed by atoms with Gasteiger partial charge in [-0.05, 0) is 25.0 Å². The highest BCUT2D eigenvalue weighted by Crippen LogP contribution is 2.17. The molecule has 0 fully saturated rings. The van der Waals surface area contributed by atoms with Gasteiger partial charge < -0.3 is 10.3 Å². The summed E-state index contributed by atoms with van der Waals surface area (Å²) in [6, 6.07) is 8.37. The summed E-state index contributed by atoms with van der Waals surface area (Å²) in [6.45, 7) is 4.17. The first-order valence-electron chi connectivity index (χ1n) is 5.41. The molecule has 1 aromatic carbocycles. The maximum atomic E-state index is 5.79. The molecule has 0 amide bonds. The lowest BCUT2D eigenvalue weighted by molar-refractivity contribution is 0.881. The van der Waals surface area contributed by atoms with Gasteiger partial charge in [0.15, 0.2) is 5.95 Å². The zero-order valence-electron chi connectivity index (χ0n) is 9.99. The molecule has 0 spiro atoms. The van der Waals surface area contributed by atoms with Crippen LogP contribution in [0.3, 0.4) is 0 Å². The van der Waals surface area contributed by atoms with Gasteiger partial charge in [0.25, 0.3) is 0 Å². The van der Waals surface area contributed by atoms with E-state index in [0.29, 0.717) is 5.95 Å². The summed E-state index contributed by atoms with van der Waals surface area (Å²) in [7, 11) is 1.94. The van der Waals surface area contributed by atoms with Crippen LogP contribution in [0, 0.1) is 13.8 Å². The summed E-state index contributed by atoms with van der Waals surface area (Å²) in [4.78, 5) is 4.39. The lowest BCUT2D eigenvalue weighted by Crippen LogP contribution is -1.98. The van der Waals surface area contributed by atoms with Crippen LogP contribution in [-0.2, 0) is 13.5 Å². The Morgan fingerprint density at radius 2 is 1.94 bits per heavy atom. The Kier molecular flexibility index (Phi) is 2.69. The van der Waals surface area contributed by atoms with Crippen LogP contribution in [0.1, 0.15) is 22.5 Å². The Morgan fingerprint density at radius 1 is 1.25 bits per heavy atom. The van der Waals surface area contributed by atoms with Gasteiger partial charge in [0.2, 0.25) is 0 Å². The van der Waals surface area contributed by atoms with E-state index < -0.39 is 0 Å². The zero-order valence-corrected chi connectivity index (χ0v) is 9.99. The van der Waals surface area contributed by atoms with Crippen LogP contribution in [0.25, 0.3) is 0 Å². The molecule has 1 heterocycles. The predicted molar refractivity (Wildman–Crippen MR) is 66.3 cm³/mol. The fourth-order valence-corrected chi connectivity index (χ4v) is 1.82. The van der Waals surface area contributed by atoms with E-state index in [2.05, 4.69) is 43.1 Å². The number of nitrogens with two attached hydrogens (primary N) is 1. The minimum Gasteiger partial charge on any atom is -0.369 e. The quantitative estimate of drug-likeness (QED) is 0.834. The molecule has 1 aromatic heterocycles. The van der Waals surface area contributed by atoms with Crippen LogP contribution >= 0.6 is 0 Å². The summed E-state index contributed by atoms with van der Waals surface area (Å²) in [6.07, 6.45) is 0.851. The van der Waals surface area contributed by atoms with Crippen LogP contribution in [-0.4, -0.2) is 9.55 Å². The summed E-state index contributed by atoms with van der Waals surface area (Å²) in [5.41, 5.74) is 10.6. The van der Waals surface area contributed by atoms with E-state index in [-0.39, 0.29) is 0 Å². The van der Waals surface area contributed by atoms with Gasteiger partial charge in [0.05, 0.1) is 5.69 Å². The number of benzene rings is 1. The van der Waals surface area contributed by atoms with Gasteiger partial charge in [-0.3, -0.25) is 0 Å². The zero-order chi connectivity index (χ0) is 11.7. The fraction of sp³-hybridized carbons (Fsp3) is 0.308. The Morgan fingerprint density at radius 3 is 2.50 bits per heavy atom. The number of aromatic nitrogens is 2. The van der Waals surface area contributed by atoms with E-state index in [9.17, 15) is 0 Å². The van der Waals surface area contributed by atoms with Crippen LogP contribution in [0.15, 0.2) is 24.3 Å². The van der Waals surface area contributed by atoms with Crippen LogP contribution in [0.2, 0.25) is 0 Å². The summed E-state index contributed by atoms with van der Waals surface area (Å²) >= 11 is 0. The van der Waals surface area contributed by atoms with Crippen molar-refractivity contribution < 1.29 is 0 Å². The summed E-state index contributed by atoms with van der Waals surface area (Å²) in [5.74, 6) is 0.584. The second kappa shape index (κ2) is 4.00. The Labute approximate surface area is 95.9 Å². The van der Waals surface area contributed by atoms with Crippen molar-refractivity contribution in [2.24, 2.45) is 7.05 Å². The van der Waals surface area contributed by atoms with E-state index in [1.807, 2.05) is 11.6 Å². The summed E-state index contributed by atoms with van der Waals surface area (Å²) in [5, 5.41) is 0. The van der Waals surface area contributed by atoms with Crippen LogP contribution in [0.5, 0.6) is 0 Å². The van der Waals surface area contributed by atoms with Crippen molar-refractivity contribution in [3.8, 4) is 0 Å². The maximum absolute atomic E-state index is 5.79. The molecule has 0 radical (unpaired) electrons. The number of anilines is 1. The van der Waals surface area contributed by atoms with Gasteiger partial charge in [-0.25, -0.2) is 4.98 Å². The average Bonchev–Trinajstić information content (AvgIpc) is 2.50. The molecular formula is C13H17N3. The molecule has 0 aliphatic heterocycles. The molecule has 0 saturated carbocycles. The second-order valence-electron chi connectivity index (χ2n) is 4.16. The molecular weight excluding hydrogens is 198 g/mol. The Balaban J connectivity index is 2.34. The largest absolute Gasteiger partial charge is 0.369 e. The molecule has 0 unspecified atom stereocenters. The number of nitrogens with zero attached hydrogens (tertiary/aromatic N) is 2. The fourth-order valence-electron chi connectivity index (χ4n) is 1.82. The molecule has 84 valence electrons. The van der Waals surface area contributed by atoms with Crippen LogP contribution < -0.4 is 5.73 Å². The van der Waals surface area contributed by atoms with Crippen molar-refractivity contribution in [3.05, 3.63) is 46.8 Å². The van der Waals surface area contributed by atoms with E-state index >= 15 is 0 Å². The predicted octanol–water partition coefficient (Wildman–Crippen LogP) is 2.21. The van der Waals surface area contributed by atoms with E-state index in [1.54, 1.807) is 0 Å². The first kappa shape index (κ1) is 10.7. The van der Waals surface area contributed by atoms with Gasteiger partial charge in [-0.2, -0.15) is 0 Å². The number of hydrogen-bond acceptors (Lipinski definition) is 2. The second-order valence-corrected chi connectivity index (χ2v) is 4.16. The third-order valence-corrected chi connectivity index (χ3v) is 3.13. The molecule has 0 aliphatic rings. The minimum absolute atomic E-state index is 0.584. The maximum Gasteiger partial charge on any atom is 0.200 e. The van der Waals surface area contributed by atoms with Gasteiger partial charge in [-0.15, -0.1) is 0 Å². The molecule has 3 heteroatoms. The normalized spacial score (nSPS) is 10.7. The van der Waals surface area contributed by atoms with Gasteiger partial charge in [-0.1, -0.05) is 24.3 Å². The number of rotatable bonds is 2. The number of aryl methyl sites for hydroxylation is 1. The first-order valence-corrected chi connectivity index (χ1v) is 5.41. The Bertz CT molecular complexity index is 512. The van der Waals surface area contributed by atoms with E-state index in [0.717, 1.165) is 17.8 Å². The summed E-state index contributed by atoms with van der Waals surface area (Å²) < 4.78 is 1.92. The highest BCUT2D eigenvalue weighted by atomic mass is 15.1. The smallest absolute Gasteiger partial charge is 0.200 e. The van der Waals surface area contributed by atoms with Crippen molar-refractivity contribution in [2.45, 2.75) is 20.3 Å². The number of imidazole rings is 1. The highest BCUT2D eigenvalue weighted by molar-refractivity contribution is 5.35. The van der Waals surface area contributed by atoms with E-state index in [1.165, 1.54) is 11.1 Å². The molecule has 0 atom stereocenters. The third kappa shape index (κ3) is 1.81. The average molecular weight is 215 g/mol. The van der Waals surface area contributed by atoms with Gasteiger partial charge in [0.1, 0.15) is 0 Å². The number of nitrogen functional groups attached to an aromatic ring is 1. The lowest BCUT2D eigenvalue weighted by atomic mass is 10.0. The molecule has 3 nitrogen and oxygen atoms in total. The van der Waals surface area contributed by atoms with Crippen molar-refractivity contribution >= 4 is 5.95 Å². The minimum atomic E-state index is 0.584. The molecule has 0 aliphatic carbocycles. The van der Waals surface area contributed by atoms with E-state index in [4.69, 9.17) is 5.73 Å². The van der Waals surface area contributed by atoms with Crippen molar-refractivity contribution in [2.75, 3.05) is 5.73 Å². The molecule has 2 N–H and O–H groups in total. The molecule has 2 aromatic rings. The Hall–Kier alpha value is -1.77. The highest BCUT2D eigenvalue weighted by Gasteiger charge is 2.09. The van der Waals surface area contributed by atoms with Crippen LogP contribution in [0.4, 0.5) is 5.95 Å². The monoisotopic (exact) mass is 215 g/mol. The van der Waals surface area contributed by atoms with Crippen molar-refractivity contribution in [3.63, 3.8) is 0 Å². The molecule has 2 rings (SSSR count). The molecule has 0 saturated heterocycles. The van der Waals surface area contributed by atoms with Gasteiger partial charge >= 0.3 is 0 Å². The molecule has 16 heavy (non-hydrogen) atoms. The SMILES string of the molecule is Cc1ccccc1Cc1nc(N)n(C)c1C. The lowest BCUT2D eigenvalue weighted by Gasteiger charge is -2.04. The standard InChI is InChI=1S/C13H17N3/c1-9-6-4-5-7-11(9)8-12-10(2)16(3)13(14)15-12/h4-7H,8H2,1-3H3,(H2,14,15). The third-order valence-electron chi connectivity index (χ3n) is 3.13.